The summed E-state index contributed by atoms with van der Waals surface area (Å²) in [6.45, 7) is 2.65. The highest BCUT2D eigenvalue weighted by molar-refractivity contribution is 5.89. The van der Waals surface area contributed by atoms with Crippen LogP contribution in [0.3, 0.4) is 0 Å². The van der Waals surface area contributed by atoms with Crippen molar-refractivity contribution < 1.29 is 19.4 Å². The summed E-state index contributed by atoms with van der Waals surface area (Å²) in [6, 6.07) is 16.8. The third-order valence-corrected chi connectivity index (χ3v) is 3.68. The highest BCUT2D eigenvalue weighted by atomic mass is 16.5. The van der Waals surface area contributed by atoms with Crippen LogP contribution in [-0.2, 0) is 4.74 Å². The number of nitrogens with one attached hydrogen (secondary N) is 1. The van der Waals surface area contributed by atoms with Crippen LogP contribution in [0.15, 0.2) is 54.6 Å². The summed E-state index contributed by atoms with van der Waals surface area (Å²) < 4.78 is 10.2. The van der Waals surface area contributed by atoms with Gasteiger partial charge in [-0.1, -0.05) is 30.3 Å². The number of aliphatic hydroxyl groups excluding tert-OH is 1. The van der Waals surface area contributed by atoms with Crippen molar-refractivity contribution in [3.05, 3.63) is 65.7 Å². The van der Waals surface area contributed by atoms with Crippen LogP contribution >= 0.6 is 0 Å². The number of rotatable bonds is 8. The molecule has 0 saturated heterocycles. The second-order valence-electron chi connectivity index (χ2n) is 5.52. The van der Waals surface area contributed by atoms with Crippen LogP contribution in [0.5, 0.6) is 5.75 Å². The molecule has 0 radical (unpaired) electrons. The number of hydrogen-bond acceptors (Lipinski definition) is 5. The van der Waals surface area contributed by atoms with Crippen LogP contribution in [0.1, 0.15) is 28.9 Å². The van der Waals surface area contributed by atoms with Crippen LogP contribution < -0.4 is 10.1 Å². The normalized spacial score (nSPS) is 13.1. The number of hydrogen-bond donors (Lipinski definition) is 2. The van der Waals surface area contributed by atoms with E-state index in [1.807, 2.05) is 30.3 Å². The van der Waals surface area contributed by atoms with Gasteiger partial charge in [-0.15, -0.1) is 0 Å². The summed E-state index contributed by atoms with van der Waals surface area (Å²) in [4.78, 5) is 11.3. The Morgan fingerprint density at radius 3 is 2.42 bits per heavy atom. The highest BCUT2D eigenvalue weighted by Crippen LogP contribution is 2.14. The number of methoxy groups -OCH3 is 1. The molecule has 0 amide bonds. The van der Waals surface area contributed by atoms with Crippen molar-refractivity contribution in [2.45, 2.75) is 19.1 Å². The van der Waals surface area contributed by atoms with Crippen LogP contribution in [0.4, 0.5) is 0 Å². The summed E-state index contributed by atoms with van der Waals surface area (Å²) in [7, 11) is 1.34. The van der Waals surface area contributed by atoms with E-state index in [0.717, 1.165) is 0 Å². The maximum atomic E-state index is 11.3. The van der Waals surface area contributed by atoms with Gasteiger partial charge in [0.25, 0.3) is 0 Å². The van der Waals surface area contributed by atoms with Gasteiger partial charge in [0.2, 0.25) is 0 Å². The summed E-state index contributed by atoms with van der Waals surface area (Å²) in [5, 5.41) is 13.3. The van der Waals surface area contributed by atoms with Crippen LogP contribution in [0.2, 0.25) is 0 Å². The molecule has 5 heteroatoms. The smallest absolute Gasteiger partial charge is 0.337 e. The number of carbonyl (C=O) groups excluding carboxylic acids is 1. The molecule has 2 aromatic carbocycles. The molecular weight excluding hydrogens is 306 g/mol. The number of carbonyl (C=O) groups is 1. The first-order valence-corrected chi connectivity index (χ1v) is 7.87. The van der Waals surface area contributed by atoms with E-state index in [1.165, 1.54) is 12.7 Å². The Bertz CT molecular complexity index is 628. The molecule has 128 valence electrons. The minimum absolute atomic E-state index is 0.153. The van der Waals surface area contributed by atoms with Crippen LogP contribution in [0, 0.1) is 0 Å². The lowest BCUT2D eigenvalue weighted by Crippen LogP contribution is -2.33. The molecular formula is C19H23NO4. The van der Waals surface area contributed by atoms with Crippen molar-refractivity contribution >= 4 is 5.97 Å². The molecule has 24 heavy (non-hydrogen) atoms. The van der Waals surface area contributed by atoms with Crippen molar-refractivity contribution in [3.8, 4) is 5.75 Å². The van der Waals surface area contributed by atoms with Gasteiger partial charge in [0.05, 0.1) is 12.7 Å². The minimum atomic E-state index is -0.628. The van der Waals surface area contributed by atoms with Gasteiger partial charge in [-0.25, -0.2) is 4.79 Å². The fourth-order valence-corrected chi connectivity index (χ4v) is 2.23. The first-order chi connectivity index (χ1) is 11.6. The molecule has 2 aromatic rings. The fraction of sp³-hybridized carbons (Fsp3) is 0.316. The molecule has 0 aliphatic rings. The van der Waals surface area contributed by atoms with Gasteiger partial charge < -0.3 is 19.9 Å². The minimum Gasteiger partial charge on any atom is -0.491 e. The van der Waals surface area contributed by atoms with Gasteiger partial charge in [0, 0.05) is 12.6 Å². The average Bonchev–Trinajstić information content (AvgIpc) is 2.64. The number of aliphatic hydroxyl groups is 1. The van der Waals surface area contributed by atoms with Gasteiger partial charge in [0.15, 0.2) is 0 Å². The van der Waals surface area contributed by atoms with Gasteiger partial charge in [-0.05, 0) is 36.8 Å². The van der Waals surface area contributed by atoms with Crippen LogP contribution in [-0.4, -0.2) is 37.4 Å². The Morgan fingerprint density at radius 1 is 1.12 bits per heavy atom. The molecule has 0 unspecified atom stereocenters. The molecule has 0 bridgehead atoms. The van der Waals surface area contributed by atoms with Gasteiger partial charge >= 0.3 is 5.97 Å². The molecule has 0 fully saturated rings. The standard InChI is InChI=1S/C19H23NO4/c1-14(15-6-4-3-5-7-15)20-12-17(21)13-24-18-10-8-16(9-11-18)19(22)23-2/h3-11,14,17,20-21H,12-13H2,1-2H3/t14-,17-/m1/s1. The largest absolute Gasteiger partial charge is 0.491 e. The summed E-state index contributed by atoms with van der Waals surface area (Å²) in [5.41, 5.74) is 1.63. The summed E-state index contributed by atoms with van der Waals surface area (Å²) >= 11 is 0. The first-order valence-electron chi connectivity index (χ1n) is 7.87. The van der Waals surface area contributed by atoms with Crippen LogP contribution in [0.25, 0.3) is 0 Å². The Kier molecular flexibility index (Phi) is 6.78. The Hall–Kier alpha value is -2.37. The zero-order valence-corrected chi connectivity index (χ0v) is 13.9. The number of esters is 1. The van der Waals surface area contributed by atoms with E-state index in [0.29, 0.717) is 17.9 Å². The van der Waals surface area contributed by atoms with E-state index in [2.05, 4.69) is 17.0 Å². The summed E-state index contributed by atoms with van der Waals surface area (Å²) in [5.74, 6) is 0.207. The monoisotopic (exact) mass is 329 g/mol. The quantitative estimate of drug-likeness (QED) is 0.729. The lowest BCUT2D eigenvalue weighted by atomic mass is 10.1. The van der Waals surface area contributed by atoms with Gasteiger partial charge in [-0.3, -0.25) is 0 Å². The Morgan fingerprint density at radius 2 is 1.79 bits per heavy atom. The number of benzene rings is 2. The molecule has 5 nitrogen and oxygen atoms in total. The van der Waals surface area contributed by atoms with Gasteiger partial charge in [-0.2, -0.15) is 0 Å². The summed E-state index contributed by atoms with van der Waals surface area (Å²) in [6.07, 6.45) is -0.628. The number of ether oxygens (including phenoxy) is 2. The zero-order valence-electron chi connectivity index (χ0n) is 13.9. The van der Waals surface area contributed by atoms with E-state index in [9.17, 15) is 9.90 Å². The molecule has 2 rings (SSSR count). The lowest BCUT2D eigenvalue weighted by Gasteiger charge is -2.18. The van der Waals surface area contributed by atoms with Crippen molar-refractivity contribution in [1.82, 2.24) is 5.32 Å². The molecule has 0 aliphatic heterocycles. The maximum absolute atomic E-state index is 11.3. The third kappa shape index (κ3) is 5.37. The first kappa shape index (κ1) is 18.0. The van der Waals surface area contributed by atoms with Crippen molar-refractivity contribution in [3.63, 3.8) is 0 Å². The molecule has 0 saturated carbocycles. The molecule has 0 heterocycles. The van der Waals surface area contributed by atoms with Gasteiger partial charge in [0.1, 0.15) is 18.5 Å². The topological polar surface area (TPSA) is 67.8 Å². The Labute approximate surface area is 142 Å². The van der Waals surface area contributed by atoms with Crippen molar-refractivity contribution in [1.29, 1.82) is 0 Å². The lowest BCUT2D eigenvalue weighted by molar-refractivity contribution is 0.0600. The fourth-order valence-electron chi connectivity index (χ4n) is 2.23. The van der Waals surface area contributed by atoms with E-state index in [4.69, 9.17) is 4.74 Å². The second-order valence-corrected chi connectivity index (χ2v) is 5.52. The van der Waals surface area contributed by atoms with Crippen molar-refractivity contribution in [2.75, 3.05) is 20.3 Å². The third-order valence-electron chi connectivity index (χ3n) is 3.68. The Balaban J connectivity index is 1.75. The maximum Gasteiger partial charge on any atom is 0.337 e. The van der Waals surface area contributed by atoms with E-state index in [-0.39, 0.29) is 18.6 Å². The predicted molar refractivity (Wildman–Crippen MR) is 92.1 cm³/mol. The molecule has 0 aromatic heterocycles. The van der Waals surface area contributed by atoms with E-state index < -0.39 is 6.10 Å². The van der Waals surface area contributed by atoms with E-state index >= 15 is 0 Å². The second kappa shape index (κ2) is 9.05. The molecule has 2 atom stereocenters. The molecule has 0 spiro atoms. The highest BCUT2D eigenvalue weighted by Gasteiger charge is 2.10. The SMILES string of the molecule is COC(=O)c1ccc(OC[C@H](O)CN[C@H](C)c2ccccc2)cc1. The van der Waals surface area contributed by atoms with Crippen molar-refractivity contribution in [2.24, 2.45) is 0 Å². The average molecular weight is 329 g/mol. The predicted octanol–water partition coefficient (Wildman–Crippen LogP) is 2.56. The zero-order chi connectivity index (χ0) is 17.4. The molecule has 2 N–H and O–H groups in total. The molecule has 0 aliphatic carbocycles. The van der Waals surface area contributed by atoms with E-state index in [1.54, 1.807) is 24.3 Å².